The lowest BCUT2D eigenvalue weighted by molar-refractivity contribution is 0.101. The Balaban J connectivity index is 1.92. The maximum atomic E-state index is 11.7. The molecular formula is C25H32N4OS. The fourth-order valence-electron chi connectivity index (χ4n) is 4.05. The summed E-state index contributed by atoms with van der Waals surface area (Å²) in [5, 5.41) is 15.3. The van der Waals surface area contributed by atoms with Crippen molar-refractivity contribution in [1.29, 1.82) is 5.41 Å². The molecule has 0 aliphatic carbocycles. The zero-order valence-corrected chi connectivity index (χ0v) is 20.0. The van der Waals surface area contributed by atoms with Gasteiger partial charge in [-0.1, -0.05) is 19.9 Å². The van der Waals surface area contributed by atoms with Crippen molar-refractivity contribution in [3.63, 3.8) is 0 Å². The van der Waals surface area contributed by atoms with E-state index in [1.165, 1.54) is 16.0 Å². The highest BCUT2D eigenvalue weighted by Gasteiger charge is 2.29. The van der Waals surface area contributed by atoms with Crippen molar-refractivity contribution in [2.24, 2.45) is 5.92 Å². The van der Waals surface area contributed by atoms with Crippen molar-refractivity contribution in [3.05, 3.63) is 57.7 Å². The maximum absolute atomic E-state index is 11.7. The molecule has 0 fully saturated rings. The SMILES string of the molecule is CCC(CC)/C(=C/C(C)=N)C1NC(C)=C(c2sc(-c3cccc(C(C)=O)n3)cc2C)N1. The number of nitrogens with zero attached hydrogens (tertiary/aromatic N) is 1. The highest BCUT2D eigenvalue weighted by molar-refractivity contribution is 7.16. The Labute approximate surface area is 189 Å². The van der Waals surface area contributed by atoms with Gasteiger partial charge in [-0.2, -0.15) is 0 Å². The smallest absolute Gasteiger partial charge is 0.178 e. The molecule has 0 amide bonds. The Morgan fingerprint density at radius 1 is 1.23 bits per heavy atom. The number of Topliss-reactive ketones (excluding diaryl/α,β-unsaturated/α-hetero) is 1. The van der Waals surface area contributed by atoms with Gasteiger partial charge in [0, 0.05) is 18.3 Å². The number of thiophene rings is 1. The number of carbonyl (C=O) groups excluding carboxylic acids is 1. The van der Waals surface area contributed by atoms with Crippen molar-refractivity contribution in [2.75, 3.05) is 0 Å². The molecule has 1 aliphatic heterocycles. The van der Waals surface area contributed by atoms with E-state index in [1.54, 1.807) is 24.3 Å². The van der Waals surface area contributed by atoms with E-state index in [9.17, 15) is 4.79 Å². The number of allylic oxidation sites excluding steroid dienone is 2. The maximum Gasteiger partial charge on any atom is 0.178 e. The number of nitrogens with one attached hydrogen (secondary N) is 3. The number of hydrogen-bond acceptors (Lipinski definition) is 6. The molecular weight excluding hydrogens is 404 g/mol. The average Bonchev–Trinajstić information content (AvgIpc) is 3.30. The Morgan fingerprint density at radius 2 is 1.94 bits per heavy atom. The molecule has 2 aromatic heterocycles. The van der Waals surface area contributed by atoms with Crippen LogP contribution in [0.2, 0.25) is 0 Å². The lowest BCUT2D eigenvalue weighted by Crippen LogP contribution is -2.37. The number of ketones is 1. The summed E-state index contributed by atoms with van der Waals surface area (Å²) in [5.74, 6) is 0.400. The predicted octanol–water partition coefficient (Wildman–Crippen LogP) is 5.93. The van der Waals surface area contributed by atoms with Gasteiger partial charge in [0.1, 0.15) is 11.9 Å². The Morgan fingerprint density at radius 3 is 2.55 bits per heavy atom. The van der Waals surface area contributed by atoms with Crippen molar-refractivity contribution in [2.45, 2.75) is 60.5 Å². The number of aryl methyl sites for hydroxylation is 1. The number of pyridine rings is 1. The fraction of sp³-hybridized carbons (Fsp3) is 0.400. The topological polar surface area (TPSA) is 77.9 Å². The zero-order chi connectivity index (χ0) is 22.7. The lowest BCUT2D eigenvalue weighted by Gasteiger charge is -2.25. The zero-order valence-electron chi connectivity index (χ0n) is 19.2. The van der Waals surface area contributed by atoms with E-state index < -0.39 is 0 Å². The van der Waals surface area contributed by atoms with Gasteiger partial charge in [-0.25, -0.2) is 4.98 Å². The summed E-state index contributed by atoms with van der Waals surface area (Å²) in [6.07, 6.45) is 4.08. The van der Waals surface area contributed by atoms with Crippen molar-refractivity contribution in [1.82, 2.24) is 15.6 Å². The van der Waals surface area contributed by atoms with Crippen LogP contribution in [0.1, 0.15) is 68.4 Å². The van der Waals surface area contributed by atoms with Gasteiger partial charge < -0.3 is 16.0 Å². The van der Waals surface area contributed by atoms with Gasteiger partial charge in [0.2, 0.25) is 0 Å². The van der Waals surface area contributed by atoms with Crippen LogP contribution in [-0.2, 0) is 0 Å². The van der Waals surface area contributed by atoms with Crippen LogP contribution in [0.15, 0.2) is 41.6 Å². The molecule has 3 rings (SSSR count). The van der Waals surface area contributed by atoms with E-state index in [0.29, 0.717) is 17.3 Å². The predicted molar refractivity (Wildman–Crippen MR) is 131 cm³/mol. The molecule has 1 atom stereocenters. The number of carbonyl (C=O) groups is 1. The molecule has 31 heavy (non-hydrogen) atoms. The van der Waals surface area contributed by atoms with Crippen LogP contribution in [0.4, 0.5) is 0 Å². The first-order valence-electron chi connectivity index (χ1n) is 10.8. The van der Waals surface area contributed by atoms with Gasteiger partial charge in [0.05, 0.1) is 21.1 Å². The first kappa shape index (κ1) is 22.9. The summed E-state index contributed by atoms with van der Waals surface area (Å²) in [7, 11) is 0. The third kappa shape index (κ3) is 4.96. The molecule has 6 heteroatoms. The van der Waals surface area contributed by atoms with E-state index in [0.717, 1.165) is 34.8 Å². The highest BCUT2D eigenvalue weighted by atomic mass is 32.1. The Bertz CT molecular complexity index is 1060. The minimum absolute atomic E-state index is 0.00989. The minimum atomic E-state index is -0.0272. The quantitative estimate of drug-likeness (QED) is 0.354. The van der Waals surface area contributed by atoms with Crippen LogP contribution < -0.4 is 10.6 Å². The summed E-state index contributed by atoms with van der Waals surface area (Å²) in [4.78, 5) is 18.5. The van der Waals surface area contributed by atoms with Gasteiger partial charge in [0.25, 0.3) is 0 Å². The molecule has 0 radical (unpaired) electrons. The van der Waals surface area contributed by atoms with E-state index in [-0.39, 0.29) is 11.9 Å². The van der Waals surface area contributed by atoms with E-state index in [2.05, 4.69) is 49.4 Å². The standard InChI is InChI=1S/C25H32N4OS/c1-7-18(8-2)19(13-15(4)26)25-27-16(5)23(29-25)24-14(3)12-22(31-24)21-11-9-10-20(28-21)17(6)30/h9-13,18,25-27,29H,7-8H2,1-6H3/b19-13-,26-15?. The third-order valence-electron chi connectivity index (χ3n) is 5.71. The van der Waals surface area contributed by atoms with Gasteiger partial charge >= 0.3 is 0 Å². The molecule has 0 spiro atoms. The Hall–Kier alpha value is -2.73. The van der Waals surface area contributed by atoms with Crippen LogP contribution >= 0.6 is 11.3 Å². The normalized spacial score (nSPS) is 16.5. The molecule has 3 heterocycles. The highest BCUT2D eigenvalue weighted by Crippen LogP contribution is 2.37. The van der Waals surface area contributed by atoms with Gasteiger partial charge in [-0.3, -0.25) is 4.79 Å². The number of aromatic nitrogens is 1. The van der Waals surface area contributed by atoms with Gasteiger partial charge in [0.15, 0.2) is 5.78 Å². The summed E-state index contributed by atoms with van der Waals surface area (Å²) >= 11 is 1.69. The van der Waals surface area contributed by atoms with Crippen molar-refractivity contribution < 1.29 is 4.79 Å². The lowest BCUT2D eigenvalue weighted by atomic mass is 9.90. The van der Waals surface area contributed by atoms with Gasteiger partial charge in [-0.15, -0.1) is 11.3 Å². The molecule has 2 aromatic rings. The molecule has 5 nitrogen and oxygen atoms in total. The summed E-state index contributed by atoms with van der Waals surface area (Å²) in [5.41, 5.74) is 6.50. The molecule has 0 aromatic carbocycles. The van der Waals surface area contributed by atoms with Gasteiger partial charge in [-0.05, 0) is 74.9 Å². The average molecular weight is 437 g/mol. The number of hydrogen-bond donors (Lipinski definition) is 3. The Kier molecular flexibility index (Phi) is 7.11. The van der Waals surface area contributed by atoms with Crippen LogP contribution in [0.3, 0.4) is 0 Å². The van der Waals surface area contributed by atoms with E-state index in [1.807, 2.05) is 25.1 Å². The molecule has 1 unspecified atom stereocenters. The summed E-state index contributed by atoms with van der Waals surface area (Å²) in [6.45, 7) is 12.0. The van der Waals surface area contributed by atoms with E-state index >= 15 is 0 Å². The third-order valence-corrected chi connectivity index (χ3v) is 6.98. The monoisotopic (exact) mass is 436 g/mol. The first-order valence-corrected chi connectivity index (χ1v) is 11.7. The second kappa shape index (κ2) is 9.60. The van der Waals surface area contributed by atoms with Crippen molar-refractivity contribution in [3.8, 4) is 10.6 Å². The first-order chi connectivity index (χ1) is 14.7. The largest absolute Gasteiger partial charge is 0.364 e. The second-order valence-corrected chi connectivity index (χ2v) is 9.20. The second-order valence-electron chi connectivity index (χ2n) is 8.15. The summed E-state index contributed by atoms with van der Waals surface area (Å²) in [6, 6.07) is 7.73. The molecule has 0 saturated carbocycles. The molecule has 3 N–H and O–H groups in total. The molecule has 1 aliphatic rings. The van der Waals surface area contributed by atoms with Crippen molar-refractivity contribution >= 4 is 28.5 Å². The fourth-order valence-corrected chi connectivity index (χ4v) is 5.26. The number of rotatable bonds is 8. The van der Waals surface area contributed by atoms with E-state index in [4.69, 9.17) is 5.41 Å². The van der Waals surface area contributed by atoms with Crippen LogP contribution in [0.5, 0.6) is 0 Å². The summed E-state index contributed by atoms with van der Waals surface area (Å²) < 4.78 is 0. The molecule has 0 saturated heterocycles. The van der Waals surface area contributed by atoms with Crippen LogP contribution in [0.25, 0.3) is 16.3 Å². The van der Waals surface area contributed by atoms with Crippen LogP contribution in [0, 0.1) is 18.3 Å². The minimum Gasteiger partial charge on any atom is -0.364 e. The molecule has 164 valence electrons. The molecule has 0 bridgehead atoms. The van der Waals surface area contributed by atoms with Crippen LogP contribution in [-0.4, -0.2) is 22.6 Å².